The van der Waals surface area contributed by atoms with Gasteiger partial charge >= 0.3 is 0 Å². The topological polar surface area (TPSA) is 44.1 Å². The Balaban J connectivity index is 2.06. The van der Waals surface area contributed by atoms with Crippen LogP contribution in [-0.2, 0) is 0 Å². The molecule has 3 nitrogen and oxygen atoms in total. The Bertz CT molecular complexity index is 482. The van der Waals surface area contributed by atoms with Crippen LogP contribution in [0.2, 0.25) is 0 Å². The second-order valence-electron chi connectivity index (χ2n) is 5.45. The lowest BCUT2D eigenvalue weighted by Gasteiger charge is -2.30. The Kier molecular flexibility index (Phi) is 3.49. The van der Waals surface area contributed by atoms with Crippen LogP contribution in [0.5, 0.6) is 0 Å². The average molecular weight is 242 g/mol. The molecule has 0 unspecified atom stereocenters. The van der Waals surface area contributed by atoms with Crippen molar-refractivity contribution in [3.63, 3.8) is 0 Å². The van der Waals surface area contributed by atoms with Crippen LogP contribution < -0.4 is 0 Å². The maximum absolute atomic E-state index is 12.2. The fourth-order valence-electron chi connectivity index (χ4n) is 2.45. The average Bonchev–Trinajstić information content (AvgIpc) is 2.69. The van der Waals surface area contributed by atoms with Gasteiger partial charge < -0.3 is 0 Å². The number of nitriles is 1. The van der Waals surface area contributed by atoms with E-state index in [1.807, 2.05) is 0 Å². The molecule has 0 radical (unpaired) electrons. The van der Waals surface area contributed by atoms with Gasteiger partial charge in [0.25, 0.3) is 0 Å². The molecule has 0 amide bonds. The van der Waals surface area contributed by atoms with Gasteiger partial charge in [-0.2, -0.15) is 5.26 Å². The van der Waals surface area contributed by atoms with Gasteiger partial charge in [-0.15, -0.1) is 0 Å². The lowest BCUT2D eigenvalue weighted by atomic mass is 10.0. The summed E-state index contributed by atoms with van der Waals surface area (Å²) in [5, 5.41) is 8.72. The highest BCUT2D eigenvalue weighted by Crippen LogP contribution is 2.28. The van der Waals surface area contributed by atoms with E-state index in [0.717, 1.165) is 19.4 Å². The zero-order valence-corrected chi connectivity index (χ0v) is 10.9. The van der Waals surface area contributed by atoms with E-state index in [1.54, 1.807) is 24.3 Å². The number of ketones is 1. The molecule has 0 saturated carbocycles. The predicted molar refractivity (Wildman–Crippen MR) is 70.4 cm³/mol. The van der Waals surface area contributed by atoms with E-state index in [0.29, 0.717) is 17.7 Å². The number of likely N-dealkylation sites (tertiary alicyclic amines) is 1. The quantitative estimate of drug-likeness (QED) is 0.765. The normalized spacial score (nSPS) is 18.5. The van der Waals surface area contributed by atoms with Crippen molar-refractivity contribution >= 4 is 5.78 Å². The summed E-state index contributed by atoms with van der Waals surface area (Å²) in [5.74, 6) is 0.134. The third-order valence-electron chi connectivity index (χ3n) is 3.74. The second-order valence-corrected chi connectivity index (χ2v) is 5.45. The van der Waals surface area contributed by atoms with Crippen molar-refractivity contribution in [3.8, 4) is 6.07 Å². The van der Waals surface area contributed by atoms with Crippen molar-refractivity contribution in [2.75, 3.05) is 13.1 Å². The first-order valence-electron chi connectivity index (χ1n) is 6.31. The molecule has 1 aromatic carbocycles. The summed E-state index contributed by atoms with van der Waals surface area (Å²) in [4.78, 5) is 14.4. The van der Waals surface area contributed by atoms with Gasteiger partial charge in [0.05, 0.1) is 18.2 Å². The molecule has 1 aromatic rings. The molecule has 0 aromatic heterocycles. The fraction of sp³-hybridized carbons (Fsp3) is 0.467. The fourth-order valence-corrected chi connectivity index (χ4v) is 2.45. The minimum absolute atomic E-state index is 0.127. The Labute approximate surface area is 108 Å². The number of hydrogen-bond acceptors (Lipinski definition) is 3. The Morgan fingerprint density at radius 3 is 2.56 bits per heavy atom. The molecular weight excluding hydrogens is 224 g/mol. The van der Waals surface area contributed by atoms with Crippen LogP contribution >= 0.6 is 0 Å². The van der Waals surface area contributed by atoms with Gasteiger partial charge in [-0.25, -0.2) is 0 Å². The third-order valence-corrected chi connectivity index (χ3v) is 3.74. The molecule has 0 N–H and O–H groups in total. The first-order valence-corrected chi connectivity index (χ1v) is 6.31. The molecule has 0 atom stereocenters. The molecule has 1 aliphatic rings. The van der Waals surface area contributed by atoms with Crippen molar-refractivity contribution in [1.82, 2.24) is 4.90 Å². The van der Waals surface area contributed by atoms with Crippen LogP contribution in [-0.4, -0.2) is 29.3 Å². The van der Waals surface area contributed by atoms with E-state index in [1.165, 1.54) is 0 Å². The third kappa shape index (κ3) is 2.60. The van der Waals surface area contributed by atoms with Crippen molar-refractivity contribution in [3.05, 3.63) is 35.4 Å². The molecule has 1 aliphatic heterocycles. The zero-order chi connectivity index (χ0) is 13.2. The van der Waals surface area contributed by atoms with Crippen LogP contribution in [0.25, 0.3) is 0 Å². The molecule has 2 rings (SSSR count). The highest BCUT2D eigenvalue weighted by atomic mass is 16.1. The first-order chi connectivity index (χ1) is 8.53. The summed E-state index contributed by atoms with van der Waals surface area (Å²) in [6, 6.07) is 8.93. The highest BCUT2D eigenvalue weighted by Gasteiger charge is 2.32. The van der Waals surface area contributed by atoms with E-state index >= 15 is 0 Å². The maximum atomic E-state index is 12.2. The minimum Gasteiger partial charge on any atom is -0.293 e. The summed E-state index contributed by atoms with van der Waals surface area (Å²) in [6.45, 7) is 5.84. The molecule has 0 aliphatic carbocycles. The highest BCUT2D eigenvalue weighted by molar-refractivity contribution is 5.97. The summed E-state index contributed by atoms with van der Waals surface area (Å²) >= 11 is 0. The Morgan fingerprint density at radius 2 is 2.06 bits per heavy atom. The van der Waals surface area contributed by atoms with Gasteiger partial charge in [0.1, 0.15) is 0 Å². The van der Waals surface area contributed by atoms with E-state index in [-0.39, 0.29) is 11.3 Å². The molecule has 18 heavy (non-hydrogen) atoms. The Morgan fingerprint density at radius 1 is 1.39 bits per heavy atom. The zero-order valence-electron chi connectivity index (χ0n) is 10.9. The standard InChI is InChI=1S/C15H18N2O/c1-15(2)8-3-9-17(15)11-14(18)13-6-4-12(10-16)5-7-13/h4-7H,3,8-9,11H2,1-2H3. The van der Waals surface area contributed by atoms with E-state index < -0.39 is 0 Å². The van der Waals surface area contributed by atoms with Crippen molar-refractivity contribution < 1.29 is 4.79 Å². The summed E-state index contributed by atoms with van der Waals surface area (Å²) in [7, 11) is 0. The van der Waals surface area contributed by atoms with Gasteiger partial charge in [0.2, 0.25) is 0 Å². The summed E-state index contributed by atoms with van der Waals surface area (Å²) in [5.41, 5.74) is 1.41. The molecule has 0 bridgehead atoms. The molecule has 94 valence electrons. The van der Waals surface area contributed by atoms with Gasteiger partial charge in [0, 0.05) is 11.1 Å². The first kappa shape index (κ1) is 12.8. The molecule has 1 fully saturated rings. The Hall–Kier alpha value is -1.66. The number of nitrogens with zero attached hydrogens (tertiary/aromatic N) is 2. The van der Waals surface area contributed by atoms with Crippen molar-refractivity contribution in [2.24, 2.45) is 0 Å². The van der Waals surface area contributed by atoms with Crippen LogP contribution in [0.3, 0.4) is 0 Å². The van der Waals surface area contributed by atoms with E-state index in [2.05, 4.69) is 24.8 Å². The molecule has 1 saturated heterocycles. The smallest absolute Gasteiger partial charge is 0.176 e. The van der Waals surface area contributed by atoms with E-state index in [4.69, 9.17) is 5.26 Å². The van der Waals surface area contributed by atoms with Gasteiger partial charge in [-0.3, -0.25) is 9.69 Å². The predicted octanol–water partition coefficient (Wildman–Crippen LogP) is 2.62. The summed E-state index contributed by atoms with van der Waals surface area (Å²) in [6.07, 6.45) is 2.31. The molecule has 3 heteroatoms. The molecule has 1 heterocycles. The van der Waals surface area contributed by atoms with Crippen LogP contribution in [0.1, 0.15) is 42.6 Å². The van der Waals surface area contributed by atoms with Crippen molar-refractivity contribution in [1.29, 1.82) is 5.26 Å². The number of benzene rings is 1. The maximum Gasteiger partial charge on any atom is 0.176 e. The largest absolute Gasteiger partial charge is 0.293 e. The monoisotopic (exact) mass is 242 g/mol. The van der Waals surface area contributed by atoms with Crippen LogP contribution in [0, 0.1) is 11.3 Å². The van der Waals surface area contributed by atoms with Crippen molar-refractivity contribution in [2.45, 2.75) is 32.2 Å². The van der Waals surface area contributed by atoms with Gasteiger partial charge in [0.15, 0.2) is 5.78 Å². The van der Waals surface area contributed by atoms with Gasteiger partial charge in [-0.05, 0) is 45.4 Å². The lowest BCUT2D eigenvalue weighted by molar-refractivity contribution is 0.0871. The second kappa shape index (κ2) is 4.91. The number of Topliss-reactive ketones (excluding diaryl/α,β-unsaturated/α-hetero) is 1. The number of carbonyl (C=O) groups excluding carboxylic acids is 1. The molecule has 0 spiro atoms. The number of rotatable bonds is 3. The van der Waals surface area contributed by atoms with Gasteiger partial charge in [-0.1, -0.05) is 12.1 Å². The number of hydrogen-bond donors (Lipinski definition) is 0. The SMILES string of the molecule is CC1(C)CCCN1CC(=O)c1ccc(C#N)cc1. The minimum atomic E-state index is 0.127. The van der Waals surface area contributed by atoms with Crippen LogP contribution in [0.15, 0.2) is 24.3 Å². The number of carbonyl (C=O) groups is 1. The molecular formula is C15H18N2O. The van der Waals surface area contributed by atoms with Crippen LogP contribution in [0.4, 0.5) is 0 Å². The van der Waals surface area contributed by atoms with E-state index in [9.17, 15) is 4.79 Å². The lowest BCUT2D eigenvalue weighted by Crippen LogP contribution is -2.41. The summed E-state index contributed by atoms with van der Waals surface area (Å²) < 4.78 is 0.